The number of nitrogens with zero attached hydrogens (tertiary/aromatic N) is 2. The Bertz CT molecular complexity index is 754. The van der Waals surface area contributed by atoms with Gasteiger partial charge in [-0.15, -0.1) is 0 Å². The van der Waals surface area contributed by atoms with Gasteiger partial charge in [0, 0.05) is 29.6 Å². The Morgan fingerprint density at radius 1 is 1.29 bits per heavy atom. The molecule has 0 aromatic heterocycles. The van der Waals surface area contributed by atoms with Crippen molar-refractivity contribution in [3.63, 3.8) is 0 Å². The van der Waals surface area contributed by atoms with Crippen LogP contribution in [0.3, 0.4) is 0 Å². The maximum atomic E-state index is 12.8. The molecule has 0 bridgehead atoms. The van der Waals surface area contributed by atoms with E-state index in [1.54, 1.807) is 18.7 Å². The second-order valence-electron chi connectivity index (χ2n) is 7.99. The predicted molar refractivity (Wildman–Crippen MR) is 100 cm³/mol. The van der Waals surface area contributed by atoms with Crippen molar-refractivity contribution >= 4 is 17.7 Å². The van der Waals surface area contributed by atoms with Crippen LogP contribution in [0.2, 0.25) is 0 Å². The molecule has 28 heavy (non-hydrogen) atoms. The van der Waals surface area contributed by atoms with Crippen molar-refractivity contribution in [3.8, 4) is 5.75 Å². The fourth-order valence-electron chi connectivity index (χ4n) is 3.72. The van der Waals surface area contributed by atoms with Crippen LogP contribution < -0.4 is 4.74 Å². The molecule has 1 fully saturated rings. The van der Waals surface area contributed by atoms with E-state index in [4.69, 9.17) is 4.74 Å². The third kappa shape index (κ3) is 4.26. The molecule has 0 spiro atoms. The number of benzene rings is 1. The largest absolute Gasteiger partial charge is 0.485 e. The molecule has 0 unspecified atom stereocenters. The first-order valence-corrected chi connectivity index (χ1v) is 10.0. The van der Waals surface area contributed by atoms with Crippen LogP contribution in [0.15, 0.2) is 23.1 Å². The van der Waals surface area contributed by atoms with Crippen LogP contribution in [0.5, 0.6) is 5.75 Å². The van der Waals surface area contributed by atoms with Crippen LogP contribution in [-0.4, -0.2) is 63.7 Å². The van der Waals surface area contributed by atoms with Crippen LogP contribution >= 0.6 is 11.8 Å². The van der Waals surface area contributed by atoms with E-state index in [1.807, 2.05) is 18.7 Å². The van der Waals surface area contributed by atoms with E-state index < -0.39 is 23.3 Å². The van der Waals surface area contributed by atoms with Crippen molar-refractivity contribution in [1.29, 1.82) is 0 Å². The first kappa shape index (κ1) is 21.3. The summed E-state index contributed by atoms with van der Waals surface area (Å²) in [4.78, 5) is 16.4. The van der Waals surface area contributed by atoms with Gasteiger partial charge in [-0.1, -0.05) is 0 Å². The lowest BCUT2D eigenvalue weighted by atomic mass is 9.85. The summed E-state index contributed by atoms with van der Waals surface area (Å²) in [6.45, 7) is 8.68. The number of piperazine rings is 1. The number of rotatable bonds is 3. The Balaban J connectivity index is 1.98. The second kappa shape index (κ2) is 7.42. The topological polar surface area (TPSA) is 53.0 Å². The van der Waals surface area contributed by atoms with Crippen molar-refractivity contribution < 1.29 is 27.8 Å². The van der Waals surface area contributed by atoms with Crippen LogP contribution in [0, 0.1) is 0 Å². The molecule has 2 aliphatic rings. The second-order valence-corrected chi connectivity index (χ2v) is 9.13. The minimum Gasteiger partial charge on any atom is -0.485 e. The smallest absolute Gasteiger partial charge is 0.446 e. The number of carbonyl (C=O) groups excluding carboxylic acids is 1. The van der Waals surface area contributed by atoms with Gasteiger partial charge in [0.2, 0.25) is 5.91 Å². The molecule has 2 aliphatic heterocycles. The number of aliphatic hydroxyl groups is 1. The number of hydrogen-bond donors (Lipinski definition) is 1. The van der Waals surface area contributed by atoms with Gasteiger partial charge in [-0.05, 0) is 57.7 Å². The average Bonchev–Trinajstić information content (AvgIpc) is 2.55. The zero-order chi connectivity index (χ0) is 20.9. The SMILES string of the molecule is CC(C)N1CCN([C@@H]2c3cc(SC(F)(F)F)ccc3OC(C)(C)[C@H]2O)C(=O)C1. The minimum absolute atomic E-state index is 0.0000199. The summed E-state index contributed by atoms with van der Waals surface area (Å²) >= 11 is -0.220. The molecule has 1 aromatic carbocycles. The molecular weight excluding hydrogens is 393 g/mol. The van der Waals surface area contributed by atoms with Crippen molar-refractivity contribution in [2.45, 2.75) is 61.9 Å². The fourth-order valence-corrected chi connectivity index (χ4v) is 4.31. The van der Waals surface area contributed by atoms with Gasteiger partial charge in [0.05, 0.1) is 12.6 Å². The third-order valence-electron chi connectivity index (χ3n) is 5.27. The molecule has 0 aliphatic carbocycles. The van der Waals surface area contributed by atoms with E-state index in [1.165, 1.54) is 18.2 Å². The quantitative estimate of drug-likeness (QED) is 0.763. The van der Waals surface area contributed by atoms with Gasteiger partial charge in [0.25, 0.3) is 0 Å². The highest BCUT2D eigenvalue weighted by Gasteiger charge is 2.48. The summed E-state index contributed by atoms with van der Waals surface area (Å²) in [6, 6.07) is 3.66. The molecule has 1 amide bonds. The van der Waals surface area contributed by atoms with Gasteiger partial charge in [-0.2, -0.15) is 13.2 Å². The number of alkyl halides is 3. The zero-order valence-electron chi connectivity index (χ0n) is 16.3. The molecule has 0 saturated carbocycles. The number of aliphatic hydroxyl groups excluding tert-OH is 1. The summed E-state index contributed by atoms with van der Waals surface area (Å²) in [6.07, 6.45) is -1.07. The van der Waals surface area contributed by atoms with Gasteiger partial charge < -0.3 is 14.7 Å². The third-order valence-corrected chi connectivity index (χ3v) is 5.99. The molecule has 1 N–H and O–H groups in total. The molecule has 9 heteroatoms. The summed E-state index contributed by atoms with van der Waals surface area (Å²) in [5, 5.41) is 11.0. The highest BCUT2D eigenvalue weighted by Crippen LogP contribution is 2.46. The lowest BCUT2D eigenvalue weighted by Crippen LogP contribution is -2.59. The van der Waals surface area contributed by atoms with E-state index in [2.05, 4.69) is 0 Å². The monoisotopic (exact) mass is 418 g/mol. The van der Waals surface area contributed by atoms with Crippen LogP contribution in [-0.2, 0) is 4.79 Å². The number of fused-ring (bicyclic) bond motifs is 1. The van der Waals surface area contributed by atoms with E-state index in [-0.39, 0.29) is 35.2 Å². The highest BCUT2D eigenvalue weighted by molar-refractivity contribution is 8.00. The molecule has 0 radical (unpaired) electrons. The van der Waals surface area contributed by atoms with E-state index >= 15 is 0 Å². The Kier molecular flexibility index (Phi) is 5.64. The molecule has 1 aromatic rings. The summed E-state index contributed by atoms with van der Waals surface area (Å²) in [5.74, 6) is 0.243. The number of carbonyl (C=O) groups is 1. The van der Waals surface area contributed by atoms with E-state index in [0.29, 0.717) is 24.4 Å². The average molecular weight is 418 g/mol. The molecule has 3 rings (SSSR count). The first-order chi connectivity index (χ1) is 12.9. The number of thioether (sulfide) groups is 1. The molecular formula is C19H25F3N2O3S. The molecule has 2 heterocycles. The van der Waals surface area contributed by atoms with Gasteiger partial charge in [-0.3, -0.25) is 9.69 Å². The Hall–Kier alpha value is -1.45. The maximum Gasteiger partial charge on any atom is 0.446 e. The van der Waals surface area contributed by atoms with Crippen molar-refractivity contribution in [1.82, 2.24) is 9.80 Å². The number of ether oxygens (including phenoxy) is 1. The van der Waals surface area contributed by atoms with Crippen molar-refractivity contribution in [2.24, 2.45) is 0 Å². The maximum absolute atomic E-state index is 12.8. The summed E-state index contributed by atoms with van der Waals surface area (Å²) < 4.78 is 44.3. The van der Waals surface area contributed by atoms with Crippen molar-refractivity contribution in [3.05, 3.63) is 23.8 Å². The lowest BCUT2D eigenvalue weighted by Gasteiger charge is -2.48. The predicted octanol–water partition coefficient (Wildman–Crippen LogP) is 3.42. The van der Waals surface area contributed by atoms with E-state index in [0.717, 1.165) is 0 Å². The Morgan fingerprint density at radius 2 is 1.96 bits per heavy atom. The summed E-state index contributed by atoms with van der Waals surface area (Å²) in [5.41, 5.74) is -4.99. The molecule has 156 valence electrons. The van der Waals surface area contributed by atoms with Crippen LogP contribution in [0.1, 0.15) is 39.3 Å². The van der Waals surface area contributed by atoms with Crippen LogP contribution in [0.4, 0.5) is 13.2 Å². The minimum atomic E-state index is -4.42. The van der Waals surface area contributed by atoms with Crippen LogP contribution in [0.25, 0.3) is 0 Å². The van der Waals surface area contributed by atoms with Gasteiger partial charge in [-0.25, -0.2) is 0 Å². The van der Waals surface area contributed by atoms with Gasteiger partial charge >= 0.3 is 5.51 Å². The molecule has 2 atom stereocenters. The number of amides is 1. The Labute approximate surface area is 166 Å². The number of hydrogen-bond acceptors (Lipinski definition) is 5. The number of halogens is 3. The normalized spacial score (nSPS) is 25.6. The molecule has 1 saturated heterocycles. The lowest BCUT2D eigenvalue weighted by molar-refractivity contribution is -0.151. The van der Waals surface area contributed by atoms with E-state index in [9.17, 15) is 23.1 Å². The fraction of sp³-hybridized carbons (Fsp3) is 0.632. The zero-order valence-corrected chi connectivity index (χ0v) is 17.1. The molecule has 5 nitrogen and oxygen atoms in total. The highest BCUT2D eigenvalue weighted by atomic mass is 32.2. The first-order valence-electron chi connectivity index (χ1n) is 9.19. The standard InChI is InChI=1S/C19H25F3N2O3S/c1-11(2)23-7-8-24(15(25)10-23)16-13-9-12(28-19(20,21)22)5-6-14(13)27-18(3,4)17(16)26/h5-6,9,11,16-17,26H,7-8,10H2,1-4H3/t16-,17+/m1/s1. The van der Waals surface area contributed by atoms with Gasteiger partial charge in [0.15, 0.2) is 0 Å². The van der Waals surface area contributed by atoms with Gasteiger partial charge in [0.1, 0.15) is 17.5 Å². The van der Waals surface area contributed by atoms with Crippen molar-refractivity contribution in [2.75, 3.05) is 19.6 Å². The summed E-state index contributed by atoms with van der Waals surface area (Å²) in [7, 11) is 0. The Morgan fingerprint density at radius 3 is 2.54 bits per heavy atom.